The molecule has 1 aromatic heterocycles. The first-order chi connectivity index (χ1) is 15.4. The number of likely N-dealkylation sites (tertiary alicyclic amines) is 1. The average molecular weight is 439 g/mol. The van der Waals surface area contributed by atoms with Crippen LogP contribution in [0.4, 0.5) is 5.82 Å². The van der Waals surface area contributed by atoms with Gasteiger partial charge in [0.25, 0.3) is 0 Å². The molecular weight excluding hydrogens is 396 g/mol. The summed E-state index contributed by atoms with van der Waals surface area (Å²) in [6.07, 6.45) is 14.4. The zero-order valence-corrected chi connectivity index (χ0v) is 20.7. The fourth-order valence-electron chi connectivity index (χ4n) is 3.59. The van der Waals surface area contributed by atoms with Gasteiger partial charge in [-0.15, -0.1) is 6.58 Å². The molecule has 5 nitrogen and oxygen atoms in total. The summed E-state index contributed by atoms with van der Waals surface area (Å²) in [6.45, 7) is 20.1. The van der Waals surface area contributed by atoms with Crippen LogP contribution in [0.25, 0.3) is 12.2 Å². The molecule has 176 valence electrons. The lowest BCUT2D eigenvalue weighted by Gasteiger charge is -2.30. The van der Waals surface area contributed by atoms with E-state index in [1.165, 1.54) is 25.9 Å². The van der Waals surface area contributed by atoms with Gasteiger partial charge in [0.2, 0.25) is 0 Å². The van der Waals surface area contributed by atoms with Crippen LogP contribution in [0.3, 0.4) is 0 Å². The minimum absolute atomic E-state index is 0.754. The molecule has 0 spiro atoms. The predicted octanol–water partition coefficient (Wildman–Crippen LogP) is 3.77. The Morgan fingerprint density at radius 3 is 2.47 bits per heavy atom. The van der Waals surface area contributed by atoms with E-state index < -0.39 is 0 Å². The first-order valence-electron chi connectivity index (χ1n) is 11.3. The number of anilines is 1. The van der Waals surface area contributed by atoms with Crippen LogP contribution in [0, 0.1) is 5.92 Å². The highest BCUT2D eigenvalue weighted by molar-refractivity contribution is 5.57. The van der Waals surface area contributed by atoms with Gasteiger partial charge in [-0.2, -0.15) is 0 Å². The molecule has 0 bridgehead atoms. The zero-order chi connectivity index (χ0) is 23.9. The third kappa shape index (κ3) is 8.85. The Hall–Kier alpha value is -2.63. The maximum Gasteiger partial charge on any atom is 0.126 e. The van der Waals surface area contributed by atoms with E-state index in [9.17, 15) is 0 Å². The molecule has 1 fully saturated rings. The van der Waals surface area contributed by atoms with Crippen molar-refractivity contribution in [2.24, 2.45) is 5.92 Å². The number of allylic oxidation sites excluding steroid dienone is 3. The second kappa shape index (κ2) is 15.2. The highest BCUT2D eigenvalue weighted by Crippen LogP contribution is 2.17. The van der Waals surface area contributed by atoms with Crippen molar-refractivity contribution in [3.05, 3.63) is 72.1 Å². The standard InChI is InChI=1S/C17H23N3.C10H19NO/c1-7-14-12-19-17(18-5)11-15(14)10-13(4)16(8-2)20(6)9-3;1-3-10-4-6-11(7-5-10)8-9-12-2/h7-12,18H,3-4H2,1-2,5-6H3;3,10H,1,4-9H2,2H3/b14-7-,15-10-,16-8-;. The fourth-order valence-corrected chi connectivity index (χ4v) is 3.59. The van der Waals surface area contributed by atoms with Crippen molar-refractivity contribution in [1.82, 2.24) is 14.8 Å². The van der Waals surface area contributed by atoms with Crippen LogP contribution in [-0.2, 0) is 4.74 Å². The lowest BCUT2D eigenvalue weighted by atomic mass is 9.97. The third-order valence-electron chi connectivity index (χ3n) is 5.70. The van der Waals surface area contributed by atoms with Crippen molar-refractivity contribution in [2.45, 2.75) is 26.7 Å². The highest BCUT2D eigenvalue weighted by Gasteiger charge is 2.15. The van der Waals surface area contributed by atoms with Crippen LogP contribution < -0.4 is 15.8 Å². The Morgan fingerprint density at radius 1 is 1.28 bits per heavy atom. The predicted molar refractivity (Wildman–Crippen MR) is 140 cm³/mol. The molecule has 32 heavy (non-hydrogen) atoms. The molecule has 0 aliphatic carbocycles. The van der Waals surface area contributed by atoms with Gasteiger partial charge >= 0.3 is 0 Å². The number of nitrogens with one attached hydrogen (secondary N) is 1. The number of methoxy groups -OCH3 is 1. The van der Waals surface area contributed by atoms with Crippen LogP contribution in [0.15, 0.2) is 61.6 Å². The van der Waals surface area contributed by atoms with E-state index in [1.807, 2.05) is 57.3 Å². The van der Waals surface area contributed by atoms with Crippen molar-refractivity contribution < 1.29 is 4.74 Å². The molecule has 0 aromatic carbocycles. The number of nitrogens with zero attached hydrogens (tertiary/aromatic N) is 3. The van der Waals surface area contributed by atoms with Crippen LogP contribution in [0.1, 0.15) is 26.7 Å². The summed E-state index contributed by atoms with van der Waals surface area (Å²) in [5, 5.41) is 5.23. The molecule has 1 aliphatic rings. The molecule has 5 heteroatoms. The Bertz CT molecular complexity index is 879. The Kier molecular flexibility index (Phi) is 13.0. The van der Waals surface area contributed by atoms with Gasteiger partial charge in [0, 0.05) is 39.6 Å². The van der Waals surface area contributed by atoms with Crippen molar-refractivity contribution in [2.75, 3.05) is 52.8 Å². The van der Waals surface area contributed by atoms with E-state index in [0.717, 1.165) is 46.6 Å². The molecule has 1 saturated heterocycles. The van der Waals surface area contributed by atoms with Gasteiger partial charge in [0.1, 0.15) is 5.82 Å². The summed E-state index contributed by atoms with van der Waals surface area (Å²) in [5.41, 5.74) is 1.97. The van der Waals surface area contributed by atoms with E-state index in [-0.39, 0.29) is 0 Å². The van der Waals surface area contributed by atoms with Crippen LogP contribution in [-0.4, -0.2) is 62.2 Å². The average Bonchev–Trinajstić information content (AvgIpc) is 2.83. The summed E-state index contributed by atoms with van der Waals surface area (Å²) in [7, 11) is 5.58. The third-order valence-corrected chi connectivity index (χ3v) is 5.70. The fraction of sp³-hybridized carbons (Fsp3) is 0.444. The number of piperidine rings is 1. The molecule has 2 heterocycles. The van der Waals surface area contributed by atoms with Gasteiger partial charge in [0.05, 0.1) is 6.61 Å². The number of aromatic nitrogens is 1. The molecule has 2 rings (SSSR count). The number of pyridine rings is 1. The molecule has 0 amide bonds. The largest absolute Gasteiger partial charge is 0.383 e. The van der Waals surface area contributed by atoms with Gasteiger partial charge < -0.3 is 19.9 Å². The van der Waals surface area contributed by atoms with Crippen LogP contribution >= 0.6 is 0 Å². The lowest BCUT2D eigenvalue weighted by Crippen LogP contribution is -2.35. The molecule has 1 N–H and O–H groups in total. The van der Waals surface area contributed by atoms with Crippen molar-refractivity contribution >= 4 is 18.0 Å². The summed E-state index contributed by atoms with van der Waals surface area (Å²) >= 11 is 0. The maximum atomic E-state index is 5.04. The Morgan fingerprint density at radius 2 is 1.97 bits per heavy atom. The van der Waals surface area contributed by atoms with Crippen LogP contribution in [0.5, 0.6) is 0 Å². The number of likely N-dealkylation sites (N-methyl/N-ethyl adjacent to an activating group) is 1. The Labute approximate surface area is 195 Å². The highest BCUT2D eigenvalue weighted by atomic mass is 16.5. The van der Waals surface area contributed by atoms with E-state index in [2.05, 4.69) is 47.1 Å². The van der Waals surface area contributed by atoms with Gasteiger partial charge in [-0.3, -0.25) is 0 Å². The monoisotopic (exact) mass is 438 g/mol. The maximum absolute atomic E-state index is 5.04. The molecule has 0 radical (unpaired) electrons. The minimum atomic E-state index is 0.754. The second-order valence-electron chi connectivity index (χ2n) is 7.78. The first-order valence-corrected chi connectivity index (χ1v) is 11.3. The van der Waals surface area contributed by atoms with E-state index in [0.29, 0.717) is 0 Å². The van der Waals surface area contributed by atoms with Crippen LogP contribution in [0.2, 0.25) is 0 Å². The topological polar surface area (TPSA) is 40.6 Å². The van der Waals surface area contributed by atoms with Crippen molar-refractivity contribution in [3.8, 4) is 0 Å². The first kappa shape index (κ1) is 27.4. The smallest absolute Gasteiger partial charge is 0.126 e. The zero-order valence-electron chi connectivity index (χ0n) is 20.7. The van der Waals surface area contributed by atoms with Gasteiger partial charge in [-0.1, -0.05) is 31.4 Å². The van der Waals surface area contributed by atoms with E-state index in [4.69, 9.17) is 4.74 Å². The van der Waals surface area contributed by atoms with Gasteiger partial charge in [-0.25, -0.2) is 4.98 Å². The molecule has 0 saturated carbocycles. The number of hydrogen-bond acceptors (Lipinski definition) is 5. The quantitative estimate of drug-likeness (QED) is 0.469. The summed E-state index contributed by atoms with van der Waals surface area (Å²) < 4.78 is 5.04. The number of hydrogen-bond donors (Lipinski definition) is 1. The second-order valence-corrected chi connectivity index (χ2v) is 7.78. The molecule has 0 unspecified atom stereocenters. The molecular formula is C27H42N4O. The van der Waals surface area contributed by atoms with E-state index in [1.54, 1.807) is 13.3 Å². The Balaban J connectivity index is 0.000000363. The normalized spacial score (nSPS) is 16.2. The summed E-state index contributed by atoms with van der Waals surface area (Å²) in [5.74, 6) is 1.59. The summed E-state index contributed by atoms with van der Waals surface area (Å²) in [4.78, 5) is 8.73. The summed E-state index contributed by atoms with van der Waals surface area (Å²) in [6, 6.07) is 2.02. The minimum Gasteiger partial charge on any atom is -0.383 e. The molecule has 0 atom stereocenters. The van der Waals surface area contributed by atoms with Crippen molar-refractivity contribution in [3.63, 3.8) is 0 Å². The van der Waals surface area contributed by atoms with Gasteiger partial charge in [-0.05, 0) is 80.0 Å². The van der Waals surface area contributed by atoms with Crippen molar-refractivity contribution in [1.29, 1.82) is 0 Å². The number of ether oxygens (including phenoxy) is 1. The van der Waals surface area contributed by atoms with Gasteiger partial charge in [0.15, 0.2) is 0 Å². The SMILES string of the molecule is C=CC1CCN(CCOC)CC1.C=CN(C)/C(=C\C)C(=C)/C=c1/cc(NC)nc/c1=C/C. The van der Waals surface area contributed by atoms with E-state index >= 15 is 0 Å². The molecule has 1 aliphatic heterocycles. The molecule has 1 aromatic rings. The number of rotatable bonds is 9. The lowest BCUT2D eigenvalue weighted by molar-refractivity contribution is 0.127.